The number of rotatable bonds is 3. The lowest BCUT2D eigenvalue weighted by molar-refractivity contribution is 0.426. The van der Waals surface area contributed by atoms with Crippen LogP contribution in [0.5, 0.6) is 0 Å². The molecule has 0 saturated heterocycles. The van der Waals surface area contributed by atoms with E-state index in [2.05, 4.69) is 29.9 Å². The molecule has 1 aromatic heterocycles. The highest BCUT2D eigenvalue weighted by Crippen LogP contribution is 2.29. The molecular formula is C11H17NS. The summed E-state index contributed by atoms with van der Waals surface area (Å²) in [6.45, 7) is 0. The summed E-state index contributed by atoms with van der Waals surface area (Å²) in [4.78, 5) is 1.55. The maximum atomic E-state index is 3.43. The van der Waals surface area contributed by atoms with Gasteiger partial charge < -0.3 is 5.32 Å². The molecule has 2 heteroatoms. The van der Waals surface area contributed by atoms with E-state index < -0.39 is 0 Å². The second kappa shape index (κ2) is 4.25. The molecule has 0 amide bonds. The summed E-state index contributed by atoms with van der Waals surface area (Å²) < 4.78 is 0. The zero-order valence-corrected chi connectivity index (χ0v) is 8.94. The third-order valence-electron chi connectivity index (χ3n) is 3.07. The van der Waals surface area contributed by atoms with Crippen LogP contribution in [0, 0.1) is 5.92 Å². The van der Waals surface area contributed by atoms with Crippen molar-refractivity contribution in [2.75, 3.05) is 7.05 Å². The summed E-state index contributed by atoms with van der Waals surface area (Å²) in [6.07, 6.45) is 5.46. The first-order chi connectivity index (χ1) is 6.40. The molecule has 1 heterocycles. The average Bonchev–Trinajstić information content (AvgIpc) is 2.76. The molecule has 0 bridgehead atoms. The molecule has 13 heavy (non-hydrogen) atoms. The Kier molecular flexibility index (Phi) is 3.01. The highest BCUT2D eigenvalue weighted by molar-refractivity contribution is 7.09. The van der Waals surface area contributed by atoms with Gasteiger partial charge in [-0.1, -0.05) is 12.5 Å². The Hall–Kier alpha value is -0.340. The van der Waals surface area contributed by atoms with Crippen molar-refractivity contribution >= 4 is 11.3 Å². The first-order valence-electron chi connectivity index (χ1n) is 5.10. The van der Waals surface area contributed by atoms with Crippen LogP contribution in [0.15, 0.2) is 17.5 Å². The van der Waals surface area contributed by atoms with Gasteiger partial charge in [-0.15, -0.1) is 11.3 Å². The molecule has 72 valence electrons. The van der Waals surface area contributed by atoms with Gasteiger partial charge in [0.2, 0.25) is 0 Å². The molecule has 1 N–H and O–H groups in total. The van der Waals surface area contributed by atoms with Crippen LogP contribution < -0.4 is 5.32 Å². The molecular weight excluding hydrogens is 178 g/mol. The predicted molar refractivity (Wildman–Crippen MR) is 58.2 cm³/mol. The highest BCUT2D eigenvalue weighted by Gasteiger charge is 2.25. The number of thiophene rings is 1. The van der Waals surface area contributed by atoms with E-state index in [1.54, 1.807) is 4.88 Å². The molecule has 1 aliphatic rings. The second-order valence-corrected chi connectivity index (χ2v) is 4.90. The van der Waals surface area contributed by atoms with Gasteiger partial charge in [0.1, 0.15) is 0 Å². The van der Waals surface area contributed by atoms with Crippen molar-refractivity contribution in [3.63, 3.8) is 0 Å². The third kappa shape index (κ3) is 2.12. The summed E-state index contributed by atoms with van der Waals surface area (Å²) >= 11 is 1.89. The second-order valence-electron chi connectivity index (χ2n) is 3.87. The Morgan fingerprint density at radius 3 is 3.15 bits per heavy atom. The van der Waals surface area contributed by atoms with Gasteiger partial charge in [-0.25, -0.2) is 0 Å². The van der Waals surface area contributed by atoms with Crippen LogP contribution in [0.2, 0.25) is 0 Å². The van der Waals surface area contributed by atoms with Gasteiger partial charge in [0.25, 0.3) is 0 Å². The van der Waals surface area contributed by atoms with E-state index in [4.69, 9.17) is 0 Å². The number of hydrogen-bond acceptors (Lipinski definition) is 2. The monoisotopic (exact) mass is 195 g/mol. The van der Waals surface area contributed by atoms with Crippen LogP contribution in [-0.4, -0.2) is 13.1 Å². The first-order valence-corrected chi connectivity index (χ1v) is 5.98. The molecule has 1 aliphatic carbocycles. The van der Waals surface area contributed by atoms with E-state index in [-0.39, 0.29) is 0 Å². The summed E-state index contributed by atoms with van der Waals surface area (Å²) in [7, 11) is 2.09. The van der Waals surface area contributed by atoms with Crippen molar-refractivity contribution in [3.05, 3.63) is 22.4 Å². The molecule has 0 radical (unpaired) electrons. The molecule has 0 aromatic carbocycles. The van der Waals surface area contributed by atoms with Crippen molar-refractivity contribution in [3.8, 4) is 0 Å². The van der Waals surface area contributed by atoms with Crippen molar-refractivity contribution in [2.24, 2.45) is 5.92 Å². The predicted octanol–water partition coefficient (Wildman–Crippen LogP) is 2.68. The van der Waals surface area contributed by atoms with Crippen molar-refractivity contribution in [1.29, 1.82) is 0 Å². The van der Waals surface area contributed by atoms with Gasteiger partial charge in [0.05, 0.1) is 0 Å². The zero-order chi connectivity index (χ0) is 9.10. The Bertz CT molecular complexity index is 243. The summed E-state index contributed by atoms with van der Waals surface area (Å²) in [5, 5.41) is 5.61. The van der Waals surface area contributed by atoms with E-state index in [1.165, 1.54) is 25.7 Å². The topological polar surface area (TPSA) is 12.0 Å². The normalized spacial score (nSPS) is 28.1. The standard InChI is InChI=1S/C11H17NS/c1-12-11-6-2-4-9(11)8-10-5-3-7-13-10/h3,5,7,9,11-12H,2,4,6,8H2,1H3. The Morgan fingerprint density at radius 2 is 2.46 bits per heavy atom. The molecule has 2 unspecified atom stereocenters. The van der Waals surface area contributed by atoms with Gasteiger partial charge >= 0.3 is 0 Å². The minimum Gasteiger partial charge on any atom is -0.317 e. The van der Waals surface area contributed by atoms with E-state index in [0.29, 0.717) is 0 Å². The Morgan fingerprint density at radius 1 is 1.54 bits per heavy atom. The van der Waals surface area contributed by atoms with Gasteiger partial charge in [0, 0.05) is 10.9 Å². The maximum absolute atomic E-state index is 3.43. The SMILES string of the molecule is CNC1CCCC1Cc1cccs1. The number of hydrogen-bond donors (Lipinski definition) is 1. The molecule has 0 spiro atoms. The van der Waals surface area contributed by atoms with Gasteiger partial charge in [-0.2, -0.15) is 0 Å². The summed E-state index contributed by atoms with van der Waals surface area (Å²) in [5.41, 5.74) is 0. The molecule has 1 saturated carbocycles. The molecule has 0 aliphatic heterocycles. The molecule has 2 atom stereocenters. The summed E-state index contributed by atoms with van der Waals surface area (Å²) in [6, 6.07) is 5.18. The minimum absolute atomic E-state index is 0.766. The lowest BCUT2D eigenvalue weighted by Gasteiger charge is -2.17. The van der Waals surface area contributed by atoms with Crippen molar-refractivity contribution in [1.82, 2.24) is 5.32 Å². The quantitative estimate of drug-likeness (QED) is 0.782. The lowest BCUT2D eigenvalue weighted by atomic mass is 9.99. The maximum Gasteiger partial charge on any atom is 0.00957 e. The van der Waals surface area contributed by atoms with Gasteiger partial charge in [0.15, 0.2) is 0 Å². The fourth-order valence-electron chi connectivity index (χ4n) is 2.35. The molecule has 1 fully saturated rings. The molecule has 1 nitrogen and oxygen atoms in total. The highest BCUT2D eigenvalue weighted by atomic mass is 32.1. The van der Waals surface area contributed by atoms with Crippen LogP contribution in [0.4, 0.5) is 0 Å². The van der Waals surface area contributed by atoms with E-state index in [9.17, 15) is 0 Å². The van der Waals surface area contributed by atoms with Crippen LogP contribution in [0.3, 0.4) is 0 Å². The third-order valence-corrected chi connectivity index (χ3v) is 3.97. The van der Waals surface area contributed by atoms with Crippen LogP contribution >= 0.6 is 11.3 Å². The Balaban J connectivity index is 1.94. The van der Waals surface area contributed by atoms with Crippen LogP contribution in [0.25, 0.3) is 0 Å². The van der Waals surface area contributed by atoms with Gasteiger partial charge in [-0.3, -0.25) is 0 Å². The van der Waals surface area contributed by atoms with E-state index in [1.807, 2.05) is 11.3 Å². The number of nitrogens with one attached hydrogen (secondary N) is 1. The largest absolute Gasteiger partial charge is 0.317 e. The van der Waals surface area contributed by atoms with E-state index >= 15 is 0 Å². The van der Waals surface area contributed by atoms with E-state index in [0.717, 1.165) is 12.0 Å². The fraction of sp³-hybridized carbons (Fsp3) is 0.636. The molecule has 1 aromatic rings. The Labute approximate surface area is 84.2 Å². The van der Waals surface area contributed by atoms with Gasteiger partial charge in [-0.05, 0) is 43.7 Å². The van der Waals surface area contributed by atoms with Crippen molar-refractivity contribution in [2.45, 2.75) is 31.7 Å². The van der Waals surface area contributed by atoms with Crippen molar-refractivity contribution < 1.29 is 0 Å². The zero-order valence-electron chi connectivity index (χ0n) is 8.12. The summed E-state index contributed by atoms with van der Waals surface area (Å²) in [5.74, 6) is 0.878. The lowest BCUT2D eigenvalue weighted by Crippen LogP contribution is -2.29. The fourth-order valence-corrected chi connectivity index (χ4v) is 3.15. The molecule has 2 rings (SSSR count). The van der Waals surface area contributed by atoms with Crippen LogP contribution in [0.1, 0.15) is 24.1 Å². The minimum atomic E-state index is 0.766. The van der Waals surface area contributed by atoms with Crippen LogP contribution in [-0.2, 0) is 6.42 Å². The first kappa shape index (κ1) is 9.22. The average molecular weight is 195 g/mol. The smallest absolute Gasteiger partial charge is 0.00957 e.